The predicted molar refractivity (Wildman–Crippen MR) is 113 cm³/mol. The van der Waals surface area contributed by atoms with Crippen LogP contribution < -0.4 is 0 Å². The molecule has 0 unspecified atom stereocenters. The van der Waals surface area contributed by atoms with Gasteiger partial charge in [-0.15, -0.1) is 0 Å². The molecule has 2 amide bonds. The van der Waals surface area contributed by atoms with E-state index >= 15 is 0 Å². The second kappa shape index (κ2) is 7.95. The van der Waals surface area contributed by atoms with E-state index in [2.05, 4.69) is 27.0 Å². The van der Waals surface area contributed by atoms with Crippen LogP contribution in [0, 0.1) is 6.92 Å². The Kier molecular flexibility index (Phi) is 5.32. The van der Waals surface area contributed by atoms with Gasteiger partial charge in [-0.2, -0.15) is 5.10 Å². The Balaban J connectivity index is 0.000000730. The number of aryl methyl sites for hydroxylation is 2. The van der Waals surface area contributed by atoms with Crippen LogP contribution in [0.3, 0.4) is 0 Å². The summed E-state index contributed by atoms with van der Waals surface area (Å²) in [5, 5.41) is 11.2. The number of carbonyl (C=O) groups is 3. The average molecular weight is 424 g/mol. The van der Waals surface area contributed by atoms with Crippen molar-refractivity contribution < 1.29 is 19.5 Å². The molecule has 1 aromatic carbocycles. The number of nitrogens with one attached hydrogen (secondary N) is 1. The molecule has 0 spiro atoms. The summed E-state index contributed by atoms with van der Waals surface area (Å²) in [5.74, 6) is 0.306. The van der Waals surface area contributed by atoms with Gasteiger partial charge in [0.15, 0.2) is 0 Å². The van der Waals surface area contributed by atoms with E-state index in [0.717, 1.165) is 42.7 Å². The molecule has 31 heavy (non-hydrogen) atoms. The number of imidazole rings is 1. The van der Waals surface area contributed by atoms with E-state index in [4.69, 9.17) is 9.90 Å². The van der Waals surface area contributed by atoms with Crippen molar-refractivity contribution in [2.24, 2.45) is 7.05 Å². The van der Waals surface area contributed by atoms with Gasteiger partial charge in [0, 0.05) is 19.3 Å². The van der Waals surface area contributed by atoms with E-state index in [1.807, 2.05) is 20.2 Å². The van der Waals surface area contributed by atoms with E-state index in [1.165, 1.54) is 4.90 Å². The topological polar surface area (TPSA) is 124 Å². The van der Waals surface area contributed by atoms with Gasteiger partial charge in [0.2, 0.25) is 0 Å². The molecule has 0 atom stereocenters. The lowest BCUT2D eigenvalue weighted by atomic mass is 10.0. The molecule has 0 bridgehead atoms. The third-order valence-corrected chi connectivity index (χ3v) is 5.84. The van der Waals surface area contributed by atoms with Gasteiger partial charge in [-0.25, -0.2) is 4.98 Å². The maximum Gasteiger partial charge on any atom is 0.290 e. The highest BCUT2D eigenvalue weighted by atomic mass is 16.3. The molecule has 3 aromatic rings. The third-order valence-electron chi connectivity index (χ3n) is 5.84. The highest BCUT2D eigenvalue weighted by molar-refractivity contribution is 6.23. The van der Waals surface area contributed by atoms with E-state index in [-0.39, 0.29) is 24.3 Å². The number of fused-ring (bicyclic) bond motifs is 2. The fourth-order valence-corrected chi connectivity index (χ4v) is 4.31. The Morgan fingerprint density at radius 2 is 1.71 bits per heavy atom. The van der Waals surface area contributed by atoms with Crippen molar-refractivity contribution in [3.05, 3.63) is 35.2 Å². The first-order chi connectivity index (χ1) is 14.8. The molecule has 5 rings (SSSR count). The highest BCUT2D eigenvalue weighted by Crippen LogP contribution is 2.32. The Labute approximate surface area is 178 Å². The Morgan fingerprint density at radius 1 is 1.10 bits per heavy atom. The number of hydrogen-bond donors (Lipinski definition) is 2. The van der Waals surface area contributed by atoms with Crippen LogP contribution in [-0.4, -0.2) is 79.1 Å². The summed E-state index contributed by atoms with van der Waals surface area (Å²) in [6.07, 6.45) is 3.55. The number of hydrogen-bond acceptors (Lipinski definition) is 6. The zero-order valence-electron chi connectivity index (χ0n) is 17.6. The Bertz CT molecular complexity index is 1120. The number of carboxylic acid groups (broad SMARTS) is 1. The predicted octanol–water partition coefficient (Wildman–Crippen LogP) is 1.66. The number of H-pyrrole nitrogens is 1. The molecule has 2 aliphatic heterocycles. The number of amides is 2. The molecular weight excluding hydrogens is 400 g/mol. The second-order valence-electron chi connectivity index (χ2n) is 7.92. The maximum atomic E-state index is 13.0. The molecule has 1 saturated heterocycles. The second-order valence-corrected chi connectivity index (χ2v) is 7.92. The van der Waals surface area contributed by atoms with Crippen LogP contribution in [0.1, 0.15) is 39.3 Å². The van der Waals surface area contributed by atoms with Crippen molar-refractivity contribution in [3.63, 3.8) is 0 Å². The van der Waals surface area contributed by atoms with Crippen LogP contribution in [0.25, 0.3) is 22.4 Å². The molecular formula is C21H24N6O4. The van der Waals surface area contributed by atoms with Gasteiger partial charge < -0.3 is 15.0 Å². The van der Waals surface area contributed by atoms with E-state index < -0.39 is 0 Å². The van der Waals surface area contributed by atoms with Gasteiger partial charge in [-0.05, 0) is 52.0 Å². The number of rotatable bonds is 2. The van der Waals surface area contributed by atoms with Crippen molar-refractivity contribution in [2.75, 3.05) is 20.1 Å². The number of nitrogens with zero attached hydrogens (tertiary/aromatic N) is 5. The number of likely N-dealkylation sites (tertiary alicyclic amines) is 1. The van der Waals surface area contributed by atoms with Crippen LogP contribution in [0.5, 0.6) is 0 Å². The fraction of sp³-hybridized carbons (Fsp3) is 0.381. The van der Waals surface area contributed by atoms with E-state index in [9.17, 15) is 9.59 Å². The molecule has 10 nitrogen and oxygen atoms in total. The molecule has 10 heteroatoms. The fourth-order valence-electron chi connectivity index (χ4n) is 4.31. The first kappa shape index (κ1) is 20.7. The largest absolute Gasteiger partial charge is 0.483 e. The molecule has 162 valence electrons. The van der Waals surface area contributed by atoms with Crippen LogP contribution >= 0.6 is 0 Å². The summed E-state index contributed by atoms with van der Waals surface area (Å²) in [4.78, 5) is 46.0. The number of carbonyl (C=O) groups excluding carboxylic acids is 2. The van der Waals surface area contributed by atoms with Crippen molar-refractivity contribution in [3.8, 4) is 11.4 Å². The lowest BCUT2D eigenvalue weighted by Gasteiger charge is -2.33. The van der Waals surface area contributed by atoms with Gasteiger partial charge in [0.1, 0.15) is 5.82 Å². The van der Waals surface area contributed by atoms with Gasteiger partial charge >= 0.3 is 0 Å². The minimum Gasteiger partial charge on any atom is -0.483 e. The highest BCUT2D eigenvalue weighted by Gasteiger charge is 2.41. The monoisotopic (exact) mass is 424 g/mol. The number of aromatic amines is 1. The van der Waals surface area contributed by atoms with Crippen LogP contribution in [-0.2, 0) is 11.8 Å². The average Bonchev–Trinajstić information content (AvgIpc) is 3.36. The summed E-state index contributed by atoms with van der Waals surface area (Å²) in [6, 6.07) is 3.48. The molecule has 2 aliphatic rings. The SMILES string of the molecule is Cc1nn(C)cc1-c1nc2cc3c(cc2[nH]1)C(=O)N(C1CCN(C)CC1)C3=O.O=CO. The molecule has 1 fully saturated rings. The van der Waals surface area contributed by atoms with E-state index in [1.54, 1.807) is 16.8 Å². The quantitative estimate of drug-likeness (QED) is 0.473. The van der Waals surface area contributed by atoms with Crippen molar-refractivity contribution >= 4 is 29.3 Å². The normalized spacial score (nSPS) is 17.1. The van der Waals surface area contributed by atoms with Crippen LogP contribution in [0.4, 0.5) is 0 Å². The molecule has 0 radical (unpaired) electrons. The first-order valence-corrected chi connectivity index (χ1v) is 10.0. The van der Waals surface area contributed by atoms with Crippen molar-refractivity contribution in [2.45, 2.75) is 25.8 Å². The van der Waals surface area contributed by atoms with E-state index in [0.29, 0.717) is 22.5 Å². The summed E-state index contributed by atoms with van der Waals surface area (Å²) >= 11 is 0. The lowest BCUT2D eigenvalue weighted by molar-refractivity contribution is -0.122. The molecule has 4 heterocycles. The Morgan fingerprint density at radius 3 is 2.29 bits per heavy atom. The summed E-state index contributed by atoms with van der Waals surface area (Å²) in [6.45, 7) is 3.47. The minimum absolute atomic E-state index is 0.0245. The van der Waals surface area contributed by atoms with Crippen molar-refractivity contribution in [1.29, 1.82) is 0 Å². The number of imide groups is 1. The number of benzene rings is 1. The zero-order valence-corrected chi connectivity index (χ0v) is 17.6. The van der Waals surface area contributed by atoms with Gasteiger partial charge in [0.05, 0.1) is 33.4 Å². The summed E-state index contributed by atoms with van der Waals surface area (Å²) in [7, 11) is 3.93. The first-order valence-electron chi connectivity index (χ1n) is 10.0. The molecule has 2 aromatic heterocycles. The number of piperidine rings is 1. The summed E-state index contributed by atoms with van der Waals surface area (Å²) in [5.41, 5.74) is 4.14. The standard InChI is InChI=1S/C20H22N6O2.CH2O2/c1-11-15(10-25(3)23-11)18-21-16-8-13-14(9-17(16)22-18)20(28)26(19(13)27)12-4-6-24(2)7-5-12;2-1-3/h8-10,12H,4-7H2,1-3H3,(H,21,22);1H,(H,2,3). The van der Waals surface area contributed by atoms with Gasteiger partial charge in [-0.3, -0.25) is 24.0 Å². The van der Waals surface area contributed by atoms with Gasteiger partial charge in [-0.1, -0.05) is 0 Å². The van der Waals surface area contributed by atoms with Crippen molar-refractivity contribution in [1.82, 2.24) is 29.5 Å². The Hall–Kier alpha value is -3.53. The molecule has 0 saturated carbocycles. The number of aromatic nitrogens is 4. The van der Waals surface area contributed by atoms with Crippen LogP contribution in [0.15, 0.2) is 18.3 Å². The van der Waals surface area contributed by atoms with Gasteiger partial charge in [0.25, 0.3) is 18.3 Å². The third kappa shape index (κ3) is 3.59. The molecule has 2 N–H and O–H groups in total. The zero-order chi connectivity index (χ0) is 22.3. The summed E-state index contributed by atoms with van der Waals surface area (Å²) < 4.78 is 1.74. The smallest absolute Gasteiger partial charge is 0.290 e. The lowest BCUT2D eigenvalue weighted by Crippen LogP contribution is -2.46. The van der Waals surface area contributed by atoms with Crippen LogP contribution in [0.2, 0.25) is 0 Å². The molecule has 0 aliphatic carbocycles. The minimum atomic E-state index is -0.250. The maximum absolute atomic E-state index is 13.0.